The van der Waals surface area contributed by atoms with E-state index in [0.29, 0.717) is 6.61 Å². The van der Waals surface area contributed by atoms with Gasteiger partial charge in [0.1, 0.15) is 6.61 Å². The number of carbonyl (C=O) groups excluding carboxylic acids is 1. The Morgan fingerprint density at radius 1 is 1.73 bits per heavy atom. The first-order valence-electron chi connectivity index (χ1n) is 3.57. The van der Waals surface area contributed by atoms with Crippen LogP contribution in [0.5, 0.6) is 0 Å². The van der Waals surface area contributed by atoms with E-state index in [1.807, 2.05) is 12.2 Å². The van der Waals surface area contributed by atoms with Crippen LogP contribution in [0.3, 0.4) is 0 Å². The smallest absolute Gasteiger partial charge is 0.411 e. The molecule has 0 saturated carbocycles. The molecule has 1 amide bonds. The molecule has 0 bridgehead atoms. The Kier molecular flexibility index (Phi) is 1.35. The normalized spacial score (nSPS) is 34.3. The van der Waals surface area contributed by atoms with E-state index in [9.17, 15) is 4.79 Å². The van der Waals surface area contributed by atoms with E-state index >= 15 is 0 Å². The molecule has 0 aromatic carbocycles. The molecule has 2 atom stereocenters. The number of hydrogen-bond donors (Lipinski definition) is 1. The van der Waals surface area contributed by atoms with Crippen LogP contribution in [0.25, 0.3) is 0 Å². The molecule has 11 heavy (non-hydrogen) atoms. The summed E-state index contributed by atoms with van der Waals surface area (Å²) in [5, 5.41) is 8.83. The minimum atomic E-state index is -0.320. The van der Waals surface area contributed by atoms with E-state index in [4.69, 9.17) is 9.84 Å². The molecule has 2 aliphatic rings. The number of amides is 1. The maximum absolute atomic E-state index is 11.0. The summed E-state index contributed by atoms with van der Waals surface area (Å²) in [6.45, 7) is 0.397. The summed E-state index contributed by atoms with van der Waals surface area (Å²) in [5.74, 6) is 0. The molecule has 4 nitrogen and oxygen atoms in total. The lowest BCUT2D eigenvalue weighted by molar-refractivity contribution is 0.138. The Hall–Kier alpha value is -1.03. The summed E-state index contributed by atoms with van der Waals surface area (Å²) in [7, 11) is 0. The van der Waals surface area contributed by atoms with Gasteiger partial charge in [-0.15, -0.1) is 0 Å². The predicted molar refractivity (Wildman–Crippen MR) is 37.0 cm³/mol. The molecule has 2 rings (SSSR count). The summed E-state index contributed by atoms with van der Waals surface area (Å²) in [6, 6.07) is -0.116. The molecule has 1 saturated heterocycles. The number of fused-ring (bicyclic) bond motifs is 1. The lowest BCUT2D eigenvalue weighted by Crippen LogP contribution is -2.37. The maximum atomic E-state index is 11.0. The fraction of sp³-hybridized carbons (Fsp3) is 0.571. The highest BCUT2D eigenvalue weighted by Gasteiger charge is 2.39. The Bertz CT molecular complexity index is 214. The van der Waals surface area contributed by atoms with Gasteiger partial charge in [-0.25, -0.2) is 4.79 Å². The zero-order valence-corrected chi connectivity index (χ0v) is 5.93. The molecule has 2 heterocycles. The molecular formula is C7H9NO3. The van der Waals surface area contributed by atoms with Gasteiger partial charge in [0.25, 0.3) is 0 Å². The molecular weight excluding hydrogens is 146 g/mol. The van der Waals surface area contributed by atoms with Crippen LogP contribution in [0.1, 0.15) is 0 Å². The first kappa shape index (κ1) is 6.67. The molecule has 0 spiro atoms. The van der Waals surface area contributed by atoms with E-state index in [1.54, 1.807) is 4.90 Å². The number of rotatable bonds is 1. The SMILES string of the molecule is O=C1OC[C@H]2C=C[C@H](CO)N12. The molecule has 0 aromatic heterocycles. The number of cyclic esters (lactones) is 1. The minimum Gasteiger partial charge on any atom is -0.447 e. The summed E-state index contributed by atoms with van der Waals surface area (Å²) >= 11 is 0. The van der Waals surface area contributed by atoms with Crippen molar-refractivity contribution in [2.24, 2.45) is 0 Å². The Morgan fingerprint density at radius 3 is 3.27 bits per heavy atom. The number of aliphatic hydroxyl groups is 1. The van der Waals surface area contributed by atoms with Crippen molar-refractivity contribution in [2.45, 2.75) is 12.1 Å². The molecule has 1 N–H and O–H groups in total. The summed E-state index contributed by atoms with van der Waals surface area (Å²) in [5.41, 5.74) is 0. The number of aliphatic hydroxyl groups excluding tert-OH is 1. The van der Waals surface area contributed by atoms with Gasteiger partial charge in [0.05, 0.1) is 18.7 Å². The zero-order chi connectivity index (χ0) is 7.84. The fourth-order valence-electron chi connectivity index (χ4n) is 1.47. The first-order valence-corrected chi connectivity index (χ1v) is 3.57. The van der Waals surface area contributed by atoms with Gasteiger partial charge in [0.15, 0.2) is 0 Å². The van der Waals surface area contributed by atoms with Crippen molar-refractivity contribution in [3.63, 3.8) is 0 Å². The van der Waals surface area contributed by atoms with Gasteiger partial charge in [0, 0.05) is 0 Å². The third-order valence-corrected chi connectivity index (χ3v) is 2.05. The molecule has 0 aromatic rings. The third kappa shape index (κ3) is 0.826. The Morgan fingerprint density at radius 2 is 2.55 bits per heavy atom. The van der Waals surface area contributed by atoms with E-state index in [1.165, 1.54) is 0 Å². The van der Waals surface area contributed by atoms with Gasteiger partial charge in [-0.1, -0.05) is 12.2 Å². The number of nitrogens with zero attached hydrogens (tertiary/aromatic N) is 1. The second-order valence-corrected chi connectivity index (χ2v) is 2.69. The topological polar surface area (TPSA) is 49.8 Å². The van der Waals surface area contributed by atoms with Gasteiger partial charge in [-0.3, -0.25) is 4.90 Å². The lowest BCUT2D eigenvalue weighted by Gasteiger charge is -2.18. The second-order valence-electron chi connectivity index (χ2n) is 2.69. The average Bonchev–Trinajstić information content (AvgIpc) is 2.54. The summed E-state index contributed by atoms with van der Waals surface area (Å²) in [6.07, 6.45) is 3.41. The van der Waals surface area contributed by atoms with E-state index < -0.39 is 0 Å². The highest BCUT2D eigenvalue weighted by Crippen LogP contribution is 2.23. The van der Waals surface area contributed by atoms with Crippen LogP contribution in [0.4, 0.5) is 4.79 Å². The fourth-order valence-corrected chi connectivity index (χ4v) is 1.47. The minimum absolute atomic E-state index is 0.0257. The van der Waals surface area contributed by atoms with Gasteiger partial charge in [-0.2, -0.15) is 0 Å². The van der Waals surface area contributed by atoms with Crippen LogP contribution in [0.2, 0.25) is 0 Å². The maximum Gasteiger partial charge on any atom is 0.411 e. The lowest BCUT2D eigenvalue weighted by atomic mass is 10.3. The van der Waals surface area contributed by atoms with Crippen molar-refractivity contribution in [3.05, 3.63) is 12.2 Å². The molecule has 0 radical (unpaired) electrons. The van der Waals surface area contributed by atoms with E-state index in [2.05, 4.69) is 0 Å². The average molecular weight is 155 g/mol. The van der Waals surface area contributed by atoms with Crippen molar-refractivity contribution >= 4 is 6.09 Å². The molecule has 2 aliphatic heterocycles. The van der Waals surface area contributed by atoms with Crippen molar-refractivity contribution in [3.8, 4) is 0 Å². The monoisotopic (exact) mass is 155 g/mol. The van der Waals surface area contributed by atoms with Gasteiger partial charge in [-0.05, 0) is 0 Å². The van der Waals surface area contributed by atoms with E-state index in [0.717, 1.165) is 0 Å². The zero-order valence-electron chi connectivity index (χ0n) is 5.93. The van der Waals surface area contributed by atoms with Crippen molar-refractivity contribution in [1.29, 1.82) is 0 Å². The second kappa shape index (κ2) is 2.23. The molecule has 0 aliphatic carbocycles. The molecule has 60 valence electrons. The van der Waals surface area contributed by atoms with Crippen molar-refractivity contribution < 1.29 is 14.6 Å². The van der Waals surface area contributed by atoms with Crippen molar-refractivity contribution in [1.82, 2.24) is 4.90 Å². The van der Waals surface area contributed by atoms with Gasteiger partial charge < -0.3 is 9.84 Å². The molecule has 0 unspecified atom stereocenters. The number of ether oxygens (including phenoxy) is 1. The van der Waals surface area contributed by atoms with Gasteiger partial charge >= 0.3 is 6.09 Å². The Balaban J connectivity index is 2.19. The van der Waals surface area contributed by atoms with Crippen LogP contribution in [0, 0.1) is 0 Å². The van der Waals surface area contributed by atoms with E-state index in [-0.39, 0.29) is 24.8 Å². The van der Waals surface area contributed by atoms with Crippen LogP contribution in [-0.4, -0.2) is 41.4 Å². The standard InChI is InChI=1S/C7H9NO3/c9-3-5-1-2-6-4-11-7(10)8(5)6/h1-2,5-6,9H,3-4H2/t5-,6-/m1/s1. The van der Waals surface area contributed by atoms with Crippen LogP contribution < -0.4 is 0 Å². The molecule has 4 heteroatoms. The largest absolute Gasteiger partial charge is 0.447 e. The first-order chi connectivity index (χ1) is 5.33. The van der Waals surface area contributed by atoms with Crippen LogP contribution in [-0.2, 0) is 4.74 Å². The Labute approximate surface area is 64.1 Å². The van der Waals surface area contributed by atoms with Gasteiger partial charge in [0.2, 0.25) is 0 Å². The number of carbonyl (C=O) groups is 1. The third-order valence-electron chi connectivity index (χ3n) is 2.05. The summed E-state index contributed by atoms with van der Waals surface area (Å²) < 4.78 is 4.78. The quantitative estimate of drug-likeness (QED) is 0.531. The highest BCUT2D eigenvalue weighted by atomic mass is 16.6. The molecule has 1 fully saturated rings. The van der Waals surface area contributed by atoms with Crippen molar-refractivity contribution in [2.75, 3.05) is 13.2 Å². The highest BCUT2D eigenvalue weighted by molar-refractivity contribution is 5.72. The summed E-state index contributed by atoms with van der Waals surface area (Å²) in [4.78, 5) is 12.5. The number of hydrogen-bond acceptors (Lipinski definition) is 3. The predicted octanol–water partition coefficient (Wildman–Crippen LogP) is -0.262. The van der Waals surface area contributed by atoms with Crippen LogP contribution >= 0.6 is 0 Å². The van der Waals surface area contributed by atoms with Crippen LogP contribution in [0.15, 0.2) is 12.2 Å².